The van der Waals surface area contributed by atoms with Gasteiger partial charge in [0, 0.05) is 11.6 Å². The highest BCUT2D eigenvalue weighted by molar-refractivity contribution is 5.57. The standard InChI is InChI=1S/C15H23NO3/c1-5-10-8-9-16-13(10)11-6-7-12(17-2)15(19-4)14(11)18-3/h6-7,10,13,16H,5,8-9H2,1-4H3. The molecule has 1 heterocycles. The number of hydrogen-bond donors (Lipinski definition) is 1. The molecule has 2 unspecified atom stereocenters. The molecule has 2 rings (SSSR count). The van der Waals surface area contributed by atoms with Gasteiger partial charge in [-0.1, -0.05) is 13.3 Å². The number of benzene rings is 1. The molecule has 0 radical (unpaired) electrons. The van der Waals surface area contributed by atoms with Crippen molar-refractivity contribution in [3.8, 4) is 17.2 Å². The van der Waals surface area contributed by atoms with Crippen LogP contribution in [0.25, 0.3) is 0 Å². The molecule has 0 aliphatic carbocycles. The summed E-state index contributed by atoms with van der Waals surface area (Å²) in [7, 11) is 4.96. The van der Waals surface area contributed by atoms with Gasteiger partial charge in [0.15, 0.2) is 11.5 Å². The van der Waals surface area contributed by atoms with Crippen molar-refractivity contribution in [2.75, 3.05) is 27.9 Å². The van der Waals surface area contributed by atoms with Gasteiger partial charge < -0.3 is 19.5 Å². The Hall–Kier alpha value is -1.42. The van der Waals surface area contributed by atoms with Crippen LogP contribution in [0, 0.1) is 5.92 Å². The summed E-state index contributed by atoms with van der Waals surface area (Å²) in [5.74, 6) is 2.80. The summed E-state index contributed by atoms with van der Waals surface area (Å²) in [6.07, 6.45) is 2.37. The molecule has 1 saturated heterocycles. The first-order valence-electron chi connectivity index (χ1n) is 6.79. The minimum atomic E-state index is 0.333. The van der Waals surface area contributed by atoms with Crippen molar-refractivity contribution in [1.82, 2.24) is 5.32 Å². The van der Waals surface area contributed by atoms with Crippen LogP contribution in [0.3, 0.4) is 0 Å². The molecule has 4 heteroatoms. The molecule has 1 aliphatic heterocycles. The zero-order valence-corrected chi connectivity index (χ0v) is 12.2. The Morgan fingerprint density at radius 2 is 1.84 bits per heavy atom. The zero-order valence-electron chi connectivity index (χ0n) is 12.2. The Balaban J connectivity index is 2.45. The second kappa shape index (κ2) is 6.15. The fourth-order valence-corrected chi connectivity index (χ4v) is 2.93. The quantitative estimate of drug-likeness (QED) is 0.888. The molecule has 19 heavy (non-hydrogen) atoms. The smallest absolute Gasteiger partial charge is 0.203 e. The average molecular weight is 265 g/mol. The van der Waals surface area contributed by atoms with E-state index in [1.807, 2.05) is 6.07 Å². The first-order valence-corrected chi connectivity index (χ1v) is 6.79. The van der Waals surface area contributed by atoms with Gasteiger partial charge in [-0.25, -0.2) is 0 Å². The third-order valence-corrected chi connectivity index (χ3v) is 3.94. The van der Waals surface area contributed by atoms with E-state index in [-0.39, 0.29) is 0 Å². The number of ether oxygens (including phenoxy) is 3. The van der Waals surface area contributed by atoms with Crippen molar-refractivity contribution in [2.45, 2.75) is 25.8 Å². The van der Waals surface area contributed by atoms with Gasteiger partial charge in [-0.3, -0.25) is 0 Å². The van der Waals surface area contributed by atoms with E-state index in [4.69, 9.17) is 14.2 Å². The van der Waals surface area contributed by atoms with Crippen LogP contribution in [0.15, 0.2) is 12.1 Å². The largest absolute Gasteiger partial charge is 0.493 e. The Morgan fingerprint density at radius 3 is 2.42 bits per heavy atom. The number of nitrogens with one attached hydrogen (secondary N) is 1. The van der Waals surface area contributed by atoms with Crippen LogP contribution in [0.2, 0.25) is 0 Å². The lowest BCUT2D eigenvalue weighted by Crippen LogP contribution is -2.18. The highest BCUT2D eigenvalue weighted by Crippen LogP contribution is 2.45. The summed E-state index contributed by atoms with van der Waals surface area (Å²) >= 11 is 0. The topological polar surface area (TPSA) is 39.7 Å². The lowest BCUT2D eigenvalue weighted by molar-refractivity contribution is 0.316. The SMILES string of the molecule is CCC1CCNC1c1ccc(OC)c(OC)c1OC. The monoisotopic (exact) mass is 265 g/mol. The van der Waals surface area contributed by atoms with E-state index in [0.29, 0.717) is 23.5 Å². The highest BCUT2D eigenvalue weighted by atomic mass is 16.5. The van der Waals surface area contributed by atoms with E-state index >= 15 is 0 Å². The Kier molecular flexibility index (Phi) is 4.53. The maximum Gasteiger partial charge on any atom is 0.203 e. The van der Waals surface area contributed by atoms with E-state index in [9.17, 15) is 0 Å². The minimum Gasteiger partial charge on any atom is -0.493 e. The van der Waals surface area contributed by atoms with Crippen LogP contribution in [0.1, 0.15) is 31.4 Å². The molecule has 0 amide bonds. The maximum atomic E-state index is 5.57. The van der Waals surface area contributed by atoms with Gasteiger partial charge in [-0.05, 0) is 31.0 Å². The lowest BCUT2D eigenvalue weighted by Gasteiger charge is -2.23. The van der Waals surface area contributed by atoms with Crippen LogP contribution in [0.5, 0.6) is 17.2 Å². The number of methoxy groups -OCH3 is 3. The second-order valence-electron chi connectivity index (χ2n) is 4.81. The summed E-state index contributed by atoms with van der Waals surface area (Å²) in [5.41, 5.74) is 1.16. The molecule has 0 aromatic heterocycles. The van der Waals surface area contributed by atoms with Crippen LogP contribution in [-0.4, -0.2) is 27.9 Å². The number of rotatable bonds is 5. The van der Waals surface area contributed by atoms with Crippen LogP contribution >= 0.6 is 0 Å². The van der Waals surface area contributed by atoms with E-state index in [1.54, 1.807) is 21.3 Å². The van der Waals surface area contributed by atoms with Crippen molar-refractivity contribution in [3.05, 3.63) is 17.7 Å². The normalized spacial score (nSPS) is 22.3. The van der Waals surface area contributed by atoms with Gasteiger partial charge in [0.25, 0.3) is 0 Å². The molecule has 1 N–H and O–H groups in total. The van der Waals surface area contributed by atoms with Gasteiger partial charge in [0.1, 0.15) is 0 Å². The molecular weight excluding hydrogens is 242 g/mol. The predicted molar refractivity (Wildman–Crippen MR) is 75.2 cm³/mol. The Bertz CT molecular complexity index is 434. The molecule has 1 aliphatic rings. The fraction of sp³-hybridized carbons (Fsp3) is 0.600. The van der Waals surface area contributed by atoms with Crippen molar-refractivity contribution < 1.29 is 14.2 Å². The van der Waals surface area contributed by atoms with E-state index in [2.05, 4.69) is 18.3 Å². The summed E-state index contributed by atoms with van der Waals surface area (Å²) in [6, 6.07) is 4.36. The summed E-state index contributed by atoms with van der Waals surface area (Å²) in [6.45, 7) is 3.29. The van der Waals surface area contributed by atoms with Gasteiger partial charge >= 0.3 is 0 Å². The molecule has 0 saturated carbocycles. The van der Waals surface area contributed by atoms with Crippen LogP contribution in [0.4, 0.5) is 0 Å². The molecule has 1 aromatic carbocycles. The third kappa shape index (κ3) is 2.50. The van der Waals surface area contributed by atoms with Crippen LogP contribution < -0.4 is 19.5 Å². The third-order valence-electron chi connectivity index (χ3n) is 3.94. The molecule has 4 nitrogen and oxygen atoms in total. The zero-order chi connectivity index (χ0) is 13.8. The first kappa shape index (κ1) is 14.0. The van der Waals surface area contributed by atoms with Crippen LogP contribution in [-0.2, 0) is 0 Å². The number of hydrogen-bond acceptors (Lipinski definition) is 4. The lowest BCUT2D eigenvalue weighted by atomic mass is 9.91. The van der Waals surface area contributed by atoms with Crippen molar-refractivity contribution in [1.29, 1.82) is 0 Å². The average Bonchev–Trinajstić information content (AvgIpc) is 2.93. The second-order valence-corrected chi connectivity index (χ2v) is 4.81. The molecule has 0 spiro atoms. The van der Waals surface area contributed by atoms with E-state index < -0.39 is 0 Å². The Morgan fingerprint density at radius 1 is 1.11 bits per heavy atom. The Labute approximate surface area is 115 Å². The molecule has 1 fully saturated rings. The van der Waals surface area contributed by atoms with E-state index in [1.165, 1.54) is 6.42 Å². The van der Waals surface area contributed by atoms with Gasteiger partial charge in [-0.15, -0.1) is 0 Å². The molecule has 106 valence electrons. The summed E-state index contributed by atoms with van der Waals surface area (Å²) in [4.78, 5) is 0. The van der Waals surface area contributed by atoms with Crippen molar-refractivity contribution in [2.24, 2.45) is 5.92 Å². The van der Waals surface area contributed by atoms with Crippen molar-refractivity contribution in [3.63, 3.8) is 0 Å². The predicted octanol–water partition coefficient (Wildman–Crippen LogP) is 2.77. The first-order chi connectivity index (χ1) is 9.26. The minimum absolute atomic E-state index is 0.333. The molecule has 1 aromatic rings. The van der Waals surface area contributed by atoms with Crippen molar-refractivity contribution >= 4 is 0 Å². The molecule has 0 bridgehead atoms. The maximum absolute atomic E-state index is 5.57. The van der Waals surface area contributed by atoms with Gasteiger partial charge in [0.05, 0.1) is 21.3 Å². The summed E-state index contributed by atoms with van der Waals surface area (Å²) < 4.78 is 16.3. The molecule has 2 atom stereocenters. The summed E-state index contributed by atoms with van der Waals surface area (Å²) in [5, 5.41) is 3.56. The van der Waals surface area contributed by atoms with Gasteiger partial charge in [-0.2, -0.15) is 0 Å². The molecular formula is C15H23NO3. The van der Waals surface area contributed by atoms with Gasteiger partial charge in [0.2, 0.25) is 5.75 Å². The van der Waals surface area contributed by atoms with E-state index in [0.717, 1.165) is 24.3 Å². The highest BCUT2D eigenvalue weighted by Gasteiger charge is 2.30. The fourth-order valence-electron chi connectivity index (χ4n) is 2.93.